The Morgan fingerprint density at radius 3 is 2.72 bits per heavy atom. The number of halogens is 4. The summed E-state index contributed by atoms with van der Waals surface area (Å²) in [5.74, 6) is 0.935. The van der Waals surface area contributed by atoms with Crippen LogP contribution in [0, 0.1) is 18.3 Å². The third kappa shape index (κ3) is 5.14. The van der Waals surface area contributed by atoms with Crippen LogP contribution in [0.5, 0.6) is 5.75 Å². The van der Waals surface area contributed by atoms with E-state index < -0.39 is 22.9 Å². The average molecular weight is 553 g/mol. The topological polar surface area (TPSA) is 135 Å². The van der Waals surface area contributed by atoms with Gasteiger partial charge in [-0.1, -0.05) is 11.6 Å². The highest BCUT2D eigenvalue weighted by Gasteiger charge is 2.32. The Morgan fingerprint density at radius 2 is 2.00 bits per heavy atom. The summed E-state index contributed by atoms with van der Waals surface area (Å²) in [6, 6.07) is 11.6. The molecule has 0 aliphatic heterocycles. The molecule has 5 rings (SSSR count). The number of alkyl halides is 3. The first-order valence-electron chi connectivity index (χ1n) is 11.3. The minimum absolute atomic E-state index is 0.00781. The average Bonchev–Trinajstić information content (AvgIpc) is 3.45. The molecule has 0 saturated carbocycles. The smallest absolute Gasteiger partial charge is 0.416 e. The largest absolute Gasteiger partial charge is 0.491 e. The second-order valence-corrected chi connectivity index (χ2v) is 8.73. The van der Waals surface area contributed by atoms with Crippen molar-refractivity contribution in [3.8, 4) is 34.5 Å². The molecule has 0 unspecified atom stereocenters. The molecule has 0 amide bonds. The molecule has 0 spiro atoms. The number of hydrogen-bond acceptors (Lipinski definition) is 8. The molecule has 0 atom stereocenters. The summed E-state index contributed by atoms with van der Waals surface area (Å²) in [5.41, 5.74) is -0.463. The van der Waals surface area contributed by atoms with Crippen molar-refractivity contribution in [2.45, 2.75) is 19.6 Å². The van der Waals surface area contributed by atoms with Gasteiger partial charge in [0.1, 0.15) is 29.9 Å². The van der Waals surface area contributed by atoms with E-state index in [1.807, 2.05) is 0 Å². The minimum atomic E-state index is -4.69. The molecule has 2 aromatic carbocycles. The second kappa shape index (κ2) is 10.1. The van der Waals surface area contributed by atoms with E-state index in [9.17, 15) is 23.2 Å². The Morgan fingerprint density at radius 1 is 1.18 bits per heavy atom. The molecule has 10 nitrogen and oxygen atoms in total. The van der Waals surface area contributed by atoms with E-state index in [2.05, 4.69) is 30.6 Å². The number of aromatic amines is 1. The van der Waals surface area contributed by atoms with Crippen molar-refractivity contribution >= 4 is 22.5 Å². The molecule has 3 aromatic heterocycles. The maximum Gasteiger partial charge on any atom is 0.416 e. The van der Waals surface area contributed by atoms with Crippen molar-refractivity contribution in [1.82, 2.24) is 35.2 Å². The first-order chi connectivity index (χ1) is 18.7. The number of ether oxygens (including phenoxy) is 1. The lowest BCUT2D eigenvalue weighted by atomic mass is 10.0. The van der Waals surface area contributed by atoms with Crippen molar-refractivity contribution < 1.29 is 17.9 Å². The summed E-state index contributed by atoms with van der Waals surface area (Å²) in [6.45, 7) is 1.52. The van der Waals surface area contributed by atoms with Crippen LogP contribution in [0.15, 0.2) is 53.5 Å². The summed E-state index contributed by atoms with van der Waals surface area (Å²) < 4.78 is 47.0. The predicted octanol–water partition coefficient (Wildman–Crippen LogP) is 4.57. The Balaban J connectivity index is 1.45. The number of benzene rings is 2. The quantitative estimate of drug-likeness (QED) is 0.323. The van der Waals surface area contributed by atoms with Crippen LogP contribution in [0.3, 0.4) is 0 Å². The summed E-state index contributed by atoms with van der Waals surface area (Å²) >= 11 is 6.24. The zero-order valence-electron chi connectivity index (χ0n) is 20.0. The van der Waals surface area contributed by atoms with Gasteiger partial charge >= 0.3 is 6.18 Å². The minimum Gasteiger partial charge on any atom is -0.491 e. The molecular formula is C25H16ClF3N8O2. The predicted molar refractivity (Wildman–Crippen MR) is 134 cm³/mol. The fourth-order valence-electron chi connectivity index (χ4n) is 4.06. The van der Waals surface area contributed by atoms with Gasteiger partial charge in [-0.25, -0.2) is 4.98 Å². The molecular weight excluding hydrogens is 537 g/mol. The Labute approximate surface area is 222 Å². The number of aromatic nitrogens is 7. The first kappa shape index (κ1) is 25.8. The van der Waals surface area contributed by atoms with Gasteiger partial charge in [-0.05, 0) is 60.2 Å². The SMILES string of the molecule is Cc1nc2cc(C(F)(F)F)cc(C#N)c2c(=O)n1CCOc1ccc(Cl)cc1-c1ccnc(-c2nn[nH]n2)c1. The monoisotopic (exact) mass is 552 g/mol. The summed E-state index contributed by atoms with van der Waals surface area (Å²) in [5, 5.41) is 23.5. The van der Waals surface area contributed by atoms with Gasteiger partial charge < -0.3 is 4.74 Å². The Bertz CT molecular complexity index is 1800. The lowest BCUT2D eigenvalue weighted by Gasteiger charge is -2.15. The van der Waals surface area contributed by atoms with Crippen LogP contribution < -0.4 is 10.3 Å². The number of tetrazole rings is 1. The van der Waals surface area contributed by atoms with Crippen molar-refractivity contribution in [2.75, 3.05) is 6.61 Å². The molecule has 14 heteroatoms. The van der Waals surface area contributed by atoms with Gasteiger partial charge in [0.25, 0.3) is 5.56 Å². The van der Waals surface area contributed by atoms with Gasteiger partial charge in [-0.2, -0.15) is 23.6 Å². The summed E-state index contributed by atoms with van der Waals surface area (Å²) in [7, 11) is 0. The number of nitrogens with one attached hydrogen (secondary N) is 1. The molecule has 0 aliphatic carbocycles. The van der Waals surface area contributed by atoms with Gasteiger partial charge in [-0.3, -0.25) is 14.3 Å². The Kier molecular flexibility index (Phi) is 6.71. The van der Waals surface area contributed by atoms with E-state index in [-0.39, 0.29) is 29.9 Å². The molecule has 3 heterocycles. The molecule has 39 heavy (non-hydrogen) atoms. The molecule has 0 bridgehead atoms. The van der Waals surface area contributed by atoms with E-state index in [1.165, 1.54) is 11.5 Å². The number of H-pyrrole nitrogens is 1. The highest BCUT2D eigenvalue weighted by Crippen LogP contribution is 2.34. The highest BCUT2D eigenvalue weighted by atomic mass is 35.5. The molecule has 196 valence electrons. The number of nitriles is 1. The van der Waals surface area contributed by atoms with Crippen LogP contribution in [0.4, 0.5) is 13.2 Å². The van der Waals surface area contributed by atoms with Crippen LogP contribution in [0.1, 0.15) is 17.0 Å². The zero-order chi connectivity index (χ0) is 27.7. The molecule has 5 aromatic rings. The van der Waals surface area contributed by atoms with Crippen molar-refractivity contribution in [2.24, 2.45) is 0 Å². The number of nitrogens with zero attached hydrogens (tertiary/aromatic N) is 7. The first-order valence-corrected chi connectivity index (χ1v) is 11.7. The van der Waals surface area contributed by atoms with Crippen LogP contribution >= 0.6 is 11.6 Å². The number of rotatable bonds is 6. The van der Waals surface area contributed by atoms with Crippen LogP contribution in [0.2, 0.25) is 5.02 Å². The van der Waals surface area contributed by atoms with Crippen LogP contribution in [-0.2, 0) is 12.7 Å². The number of fused-ring (bicyclic) bond motifs is 1. The zero-order valence-corrected chi connectivity index (χ0v) is 20.7. The lowest BCUT2D eigenvalue weighted by Crippen LogP contribution is -2.27. The fourth-order valence-corrected chi connectivity index (χ4v) is 4.23. The van der Waals surface area contributed by atoms with Gasteiger partial charge in [0.2, 0.25) is 5.82 Å². The van der Waals surface area contributed by atoms with E-state index in [1.54, 1.807) is 42.6 Å². The second-order valence-electron chi connectivity index (χ2n) is 8.30. The van der Waals surface area contributed by atoms with Crippen molar-refractivity contribution in [1.29, 1.82) is 5.26 Å². The third-order valence-corrected chi connectivity index (χ3v) is 6.09. The maximum absolute atomic E-state index is 13.3. The molecule has 0 fully saturated rings. The molecule has 1 N–H and O–H groups in total. The van der Waals surface area contributed by atoms with E-state index in [0.29, 0.717) is 39.5 Å². The normalized spacial score (nSPS) is 11.5. The lowest BCUT2D eigenvalue weighted by molar-refractivity contribution is -0.137. The van der Waals surface area contributed by atoms with Gasteiger partial charge in [-0.15, -0.1) is 10.2 Å². The Hall–Kier alpha value is -4.83. The van der Waals surface area contributed by atoms with Crippen LogP contribution in [0.25, 0.3) is 33.5 Å². The molecule has 0 saturated heterocycles. The standard InChI is InChI=1S/C25H16ClF3N8O2/c1-13-32-19-10-16(25(27,28)29)8-15(12-30)22(19)24(38)37(13)6-7-39-21-3-2-17(26)11-18(21)14-4-5-31-20(9-14)23-33-35-36-34-23/h2-5,8-11H,6-7H2,1H3,(H,33,34,35,36). The number of hydrogen-bond donors (Lipinski definition) is 1. The van der Waals surface area contributed by atoms with Crippen molar-refractivity contribution in [3.63, 3.8) is 0 Å². The van der Waals surface area contributed by atoms with Crippen LogP contribution in [-0.4, -0.2) is 41.8 Å². The summed E-state index contributed by atoms with van der Waals surface area (Å²) in [6.07, 6.45) is -3.11. The van der Waals surface area contributed by atoms with E-state index >= 15 is 0 Å². The van der Waals surface area contributed by atoms with Gasteiger partial charge in [0.05, 0.1) is 28.6 Å². The number of pyridine rings is 1. The van der Waals surface area contributed by atoms with Crippen molar-refractivity contribution in [3.05, 3.63) is 81.0 Å². The fraction of sp³-hybridized carbons (Fsp3) is 0.160. The summed E-state index contributed by atoms with van der Waals surface area (Å²) in [4.78, 5) is 21.6. The van der Waals surface area contributed by atoms with Gasteiger partial charge in [0, 0.05) is 16.8 Å². The van der Waals surface area contributed by atoms with E-state index in [4.69, 9.17) is 16.3 Å². The van der Waals surface area contributed by atoms with Gasteiger partial charge in [0.15, 0.2) is 0 Å². The highest BCUT2D eigenvalue weighted by molar-refractivity contribution is 6.31. The molecule has 0 aliphatic rings. The van der Waals surface area contributed by atoms with E-state index in [0.717, 1.165) is 6.07 Å². The maximum atomic E-state index is 13.3. The molecule has 0 radical (unpaired) electrons. The number of aryl methyl sites for hydroxylation is 1. The third-order valence-electron chi connectivity index (χ3n) is 5.86.